The van der Waals surface area contributed by atoms with Crippen LogP contribution in [0.4, 0.5) is 11.4 Å². The summed E-state index contributed by atoms with van der Waals surface area (Å²) < 4.78 is 9.32. The van der Waals surface area contributed by atoms with Gasteiger partial charge in [0.15, 0.2) is 0 Å². The monoisotopic (exact) mass is 375 g/mol. The number of ether oxygens (including phenoxy) is 2. The van der Waals surface area contributed by atoms with Gasteiger partial charge in [0.2, 0.25) is 5.91 Å². The smallest absolute Gasteiger partial charge is 0.354 e. The van der Waals surface area contributed by atoms with Crippen LogP contribution in [0.25, 0.3) is 0 Å². The van der Waals surface area contributed by atoms with Crippen molar-refractivity contribution in [2.75, 3.05) is 31.0 Å². The zero-order chi connectivity index (χ0) is 20.0. The van der Waals surface area contributed by atoms with Crippen molar-refractivity contribution >= 4 is 29.2 Å². The third-order valence-corrected chi connectivity index (χ3v) is 4.53. The van der Waals surface area contributed by atoms with Gasteiger partial charge >= 0.3 is 11.9 Å². The fourth-order valence-corrected chi connectivity index (χ4v) is 3.07. The molecule has 1 heterocycles. The quantitative estimate of drug-likeness (QED) is 0.576. The Morgan fingerprint density at radius 3 is 2.56 bits per heavy atom. The number of hydrogen-bond acceptors (Lipinski definition) is 7. The Balaban J connectivity index is 2.48. The molecule has 1 fully saturated rings. The number of piperidine rings is 1. The van der Waals surface area contributed by atoms with Crippen LogP contribution in [0.3, 0.4) is 0 Å². The number of esters is 2. The molecule has 1 aromatic rings. The lowest BCUT2D eigenvalue weighted by Crippen LogP contribution is -2.38. The highest BCUT2D eigenvalue weighted by molar-refractivity contribution is 6.01. The van der Waals surface area contributed by atoms with Gasteiger partial charge in [0.25, 0.3) is 0 Å². The van der Waals surface area contributed by atoms with E-state index in [9.17, 15) is 14.4 Å². The number of hydrogen-bond donors (Lipinski definition) is 2. The highest BCUT2D eigenvalue weighted by Crippen LogP contribution is 2.33. The first-order valence-electron chi connectivity index (χ1n) is 8.72. The van der Waals surface area contributed by atoms with Gasteiger partial charge in [-0.2, -0.15) is 0 Å². The van der Waals surface area contributed by atoms with Crippen LogP contribution in [0.5, 0.6) is 0 Å². The molecule has 0 aliphatic carbocycles. The predicted molar refractivity (Wildman–Crippen MR) is 101 cm³/mol. The minimum atomic E-state index is -0.734. The van der Waals surface area contributed by atoms with E-state index in [2.05, 4.69) is 21.9 Å². The summed E-state index contributed by atoms with van der Waals surface area (Å²) in [6.45, 7) is 2.97. The number of nitrogens with two attached hydrogens (primary N) is 1. The molecule has 0 aromatic heterocycles. The number of methoxy groups -OCH3 is 2. The lowest BCUT2D eigenvalue weighted by atomic mass is 10.0. The van der Waals surface area contributed by atoms with E-state index in [1.54, 1.807) is 18.2 Å². The standard InChI is InChI=1S/C19H25N3O5/c1-12-6-4-5-9-22(12)16-8-7-13(18(20)24)10-14(16)21-15(19(25)27-3)11-17(23)26-2/h7-8,10-12,21H,4-6,9H2,1-3H3,(H2,20,24)/b15-11+. The van der Waals surface area contributed by atoms with Crippen LogP contribution in [0.2, 0.25) is 0 Å². The second kappa shape index (κ2) is 9.07. The fourth-order valence-electron chi connectivity index (χ4n) is 3.07. The van der Waals surface area contributed by atoms with Gasteiger partial charge in [0.05, 0.1) is 31.7 Å². The molecule has 1 amide bonds. The van der Waals surface area contributed by atoms with Crippen molar-refractivity contribution in [2.45, 2.75) is 32.2 Å². The number of nitrogens with zero attached hydrogens (tertiary/aromatic N) is 1. The Morgan fingerprint density at radius 2 is 1.96 bits per heavy atom. The number of primary amides is 1. The van der Waals surface area contributed by atoms with Crippen molar-refractivity contribution in [3.8, 4) is 0 Å². The van der Waals surface area contributed by atoms with E-state index in [-0.39, 0.29) is 11.3 Å². The van der Waals surface area contributed by atoms with Crippen molar-refractivity contribution in [2.24, 2.45) is 5.73 Å². The van der Waals surface area contributed by atoms with E-state index in [1.807, 2.05) is 0 Å². The predicted octanol–water partition coefficient (Wildman–Crippen LogP) is 1.81. The number of amides is 1. The maximum absolute atomic E-state index is 12.1. The first kappa shape index (κ1) is 20.3. The van der Waals surface area contributed by atoms with Gasteiger partial charge in [0, 0.05) is 18.2 Å². The molecule has 3 N–H and O–H groups in total. The average Bonchev–Trinajstić information content (AvgIpc) is 2.67. The molecular weight excluding hydrogens is 350 g/mol. The molecule has 1 atom stereocenters. The summed E-state index contributed by atoms with van der Waals surface area (Å²) in [6.07, 6.45) is 4.24. The lowest BCUT2D eigenvalue weighted by Gasteiger charge is -2.36. The summed E-state index contributed by atoms with van der Waals surface area (Å²) in [5, 5.41) is 2.91. The Kier molecular flexibility index (Phi) is 6.81. The summed E-state index contributed by atoms with van der Waals surface area (Å²) in [5.41, 5.74) is 6.88. The second-order valence-corrected chi connectivity index (χ2v) is 6.33. The first-order valence-corrected chi connectivity index (χ1v) is 8.72. The van der Waals surface area contributed by atoms with E-state index in [1.165, 1.54) is 14.2 Å². The molecule has 27 heavy (non-hydrogen) atoms. The zero-order valence-electron chi connectivity index (χ0n) is 15.8. The number of carbonyl (C=O) groups is 3. The van der Waals surface area contributed by atoms with Crippen molar-refractivity contribution in [1.29, 1.82) is 0 Å². The molecule has 0 spiro atoms. The molecule has 1 aliphatic rings. The van der Waals surface area contributed by atoms with Gasteiger partial charge < -0.3 is 25.4 Å². The molecule has 0 saturated carbocycles. The van der Waals surface area contributed by atoms with Gasteiger partial charge in [-0.3, -0.25) is 4.79 Å². The normalized spacial score (nSPS) is 17.2. The maximum atomic E-state index is 12.1. The van der Waals surface area contributed by atoms with Crippen LogP contribution in [0.1, 0.15) is 36.5 Å². The summed E-state index contributed by atoms with van der Waals surface area (Å²) in [4.78, 5) is 37.5. The Bertz CT molecular complexity index is 760. The number of carbonyl (C=O) groups excluding carboxylic acids is 3. The summed E-state index contributed by atoms with van der Waals surface area (Å²) in [7, 11) is 2.42. The SMILES string of the molecule is COC(=O)/C=C(/Nc1cc(C(N)=O)ccc1N1CCCCC1C)C(=O)OC. The molecule has 146 valence electrons. The van der Waals surface area contributed by atoms with Crippen LogP contribution in [0.15, 0.2) is 30.0 Å². The molecule has 2 rings (SSSR count). The first-order chi connectivity index (χ1) is 12.9. The number of benzene rings is 1. The molecular formula is C19H25N3O5. The third kappa shape index (κ3) is 4.99. The molecule has 1 aliphatic heterocycles. The highest BCUT2D eigenvalue weighted by Gasteiger charge is 2.23. The number of nitrogens with one attached hydrogen (secondary N) is 1. The largest absolute Gasteiger partial charge is 0.466 e. The summed E-state index contributed by atoms with van der Waals surface area (Å²) in [5.74, 6) is -2.03. The summed E-state index contributed by atoms with van der Waals surface area (Å²) >= 11 is 0. The van der Waals surface area contributed by atoms with Crippen LogP contribution >= 0.6 is 0 Å². The Labute approximate surface area is 158 Å². The van der Waals surface area contributed by atoms with E-state index >= 15 is 0 Å². The minimum Gasteiger partial charge on any atom is -0.466 e. The van der Waals surface area contributed by atoms with Gasteiger partial charge in [-0.15, -0.1) is 0 Å². The van der Waals surface area contributed by atoms with Crippen LogP contribution in [-0.2, 0) is 19.1 Å². The van der Waals surface area contributed by atoms with E-state index in [0.29, 0.717) is 11.7 Å². The molecule has 1 unspecified atom stereocenters. The van der Waals surface area contributed by atoms with Crippen molar-refractivity contribution < 1.29 is 23.9 Å². The Morgan fingerprint density at radius 1 is 1.22 bits per heavy atom. The van der Waals surface area contributed by atoms with E-state index < -0.39 is 17.8 Å². The lowest BCUT2D eigenvalue weighted by molar-refractivity contribution is -0.138. The molecule has 0 bridgehead atoms. The topological polar surface area (TPSA) is 111 Å². The number of rotatable bonds is 6. The van der Waals surface area contributed by atoms with E-state index in [0.717, 1.165) is 37.6 Å². The van der Waals surface area contributed by atoms with Gasteiger partial charge in [-0.25, -0.2) is 9.59 Å². The minimum absolute atomic E-state index is 0.100. The molecule has 8 heteroatoms. The fraction of sp³-hybridized carbons (Fsp3) is 0.421. The van der Waals surface area contributed by atoms with Crippen LogP contribution in [0, 0.1) is 0 Å². The summed E-state index contributed by atoms with van der Waals surface area (Å²) in [6, 6.07) is 5.29. The third-order valence-electron chi connectivity index (χ3n) is 4.53. The molecule has 1 aromatic carbocycles. The molecule has 0 radical (unpaired) electrons. The highest BCUT2D eigenvalue weighted by atomic mass is 16.5. The molecule has 1 saturated heterocycles. The van der Waals surface area contributed by atoms with Gasteiger partial charge in [0.1, 0.15) is 5.70 Å². The van der Waals surface area contributed by atoms with Crippen molar-refractivity contribution in [1.82, 2.24) is 0 Å². The maximum Gasteiger partial charge on any atom is 0.354 e. The van der Waals surface area contributed by atoms with Gasteiger partial charge in [-0.05, 0) is 44.4 Å². The van der Waals surface area contributed by atoms with Crippen molar-refractivity contribution in [3.63, 3.8) is 0 Å². The molecule has 8 nitrogen and oxygen atoms in total. The van der Waals surface area contributed by atoms with E-state index in [4.69, 9.17) is 10.5 Å². The number of anilines is 2. The van der Waals surface area contributed by atoms with Crippen molar-refractivity contribution in [3.05, 3.63) is 35.5 Å². The zero-order valence-corrected chi connectivity index (χ0v) is 15.8. The Hall–Kier alpha value is -3.03. The van der Waals surface area contributed by atoms with Gasteiger partial charge in [-0.1, -0.05) is 0 Å². The van der Waals surface area contributed by atoms with Crippen LogP contribution < -0.4 is 16.0 Å². The average molecular weight is 375 g/mol. The van der Waals surface area contributed by atoms with Crippen LogP contribution in [-0.4, -0.2) is 44.7 Å². The second-order valence-electron chi connectivity index (χ2n) is 6.33.